The minimum Gasteiger partial charge on any atom is -0.437 e. The molecule has 2 aliphatic rings. The Morgan fingerprint density at radius 1 is 1.10 bits per heavy atom. The fraction of sp³-hybridized carbons (Fsp3) is 0.364. The molecule has 3 heterocycles. The normalized spacial score (nSPS) is 18.5. The number of hydrogen-bond donors (Lipinski definition) is 1. The molecule has 1 aliphatic heterocycles. The van der Waals surface area contributed by atoms with E-state index in [2.05, 4.69) is 20.2 Å². The van der Waals surface area contributed by atoms with Crippen LogP contribution in [0.5, 0.6) is 11.6 Å². The minimum atomic E-state index is 0.0171. The molecule has 1 atom stereocenters. The first-order chi connectivity index (χ1) is 14.3. The number of para-hydroxylation sites is 1. The first-order valence-corrected chi connectivity index (χ1v) is 10.2. The summed E-state index contributed by atoms with van der Waals surface area (Å²) in [5, 5.41) is 7.36. The summed E-state index contributed by atoms with van der Waals surface area (Å²) in [6, 6.07) is 9.59. The van der Waals surface area contributed by atoms with E-state index in [1.165, 1.54) is 0 Å². The van der Waals surface area contributed by atoms with Gasteiger partial charge in [0.25, 0.3) is 5.91 Å². The van der Waals surface area contributed by atoms with E-state index in [0.717, 1.165) is 61.3 Å². The average Bonchev–Trinajstić information content (AvgIpc) is 3.39. The first-order valence-electron chi connectivity index (χ1n) is 10.2. The molecular weight excluding hydrogens is 366 g/mol. The van der Waals surface area contributed by atoms with Crippen LogP contribution < -0.4 is 4.74 Å². The lowest BCUT2D eigenvalue weighted by atomic mass is 9.94. The van der Waals surface area contributed by atoms with Crippen LogP contribution >= 0.6 is 0 Å². The number of benzene rings is 1. The summed E-state index contributed by atoms with van der Waals surface area (Å²) in [4.78, 5) is 24.0. The van der Waals surface area contributed by atoms with Crippen molar-refractivity contribution in [1.82, 2.24) is 25.1 Å². The molecule has 0 saturated carbocycles. The Hall–Kier alpha value is -3.22. The Bertz CT molecular complexity index is 1020. The van der Waals surface area contributed by atoms with Gasteiger partial charge in [0.15, 0.2) is 5.69 Å². The summed E-state index contributed by atoms with van der Waals surface area (Å²) in [5.41, 5.74) is 3.62. The second-order valence-electron chi connectivity index (χ2n) is 7.64. The molecule has 0 spiro atoms. The third-order valence-corrected chi connectivity index (χ3v) is 5.75. The zero-order chi connectivity index (χ0) is 19.6. The Kier molecular flexibility index (Phi) is 4.71. The van der Waals surface area contributed by atoms with Crippen LogP contribution in [0.1, 0.15) is 52.6 Å². The van der Waals surface area contributed by atoms with E-state index in [-0.39, 0.29) is 11.8 Å². The van der Waals surface area contributed by atoms with Crippen molar-refractivity contribution in [2.45, 2.75) is 38.0 Å². The lowest BCUT2D eigenvalue weighted by molar-refractivity contribution is 0.0697. The van der Waals surface area contributed by atoms with E-state index in [0.29, 0.717) is 18.1 Å². The number of carbonyl (C=O) groups is 1. The van der Waals surface area contributed by atoms with Crippen molar-refractivity contribution >= 4 is 5.91 Å². The standard InChI is InChI=1S/C22H23N5O2/c28-22(20-17-9-4-10-18(17)25-26-20)27-13-5-6-15(14-27)19-21(24-12-11-23-19)29-16-7-2-1-3-8-16/h1-3,7-8,11-12,15H,4-6,9-10,13-14H2,(H,25,26)/t15-/m1/s1. The number of aryl methyl sites for hydroxylation is 1. The van der Waals surface area contributed by atoms with Gasteiger partial charge in [-0.3, -0.25) is 14.9 Å². The smallest absolute Gasteiger partial charge is 0.274 e. The van der Waals surface area contributed by atoms with Crippen LogP contribution in [0, 0.1) is 0 Å². The molecule has 2 aromatic heterocycles. The lowest BCUT2D eigenvalue weighted by Crippen LogP contribution is -2.40. The third kappa shape index (κ3) is 3.48. The van der Waals surface area contributed by atoms with Crippen molar-refractivity contribution in [2.75, 3.05) is 13.1 Å². The number of ether oxygens (including phenoxy) is 1. The molecule has 0 bridgehead atoms. The molecule has 1 amide bonds. The van der Waals surface area contributed by atoms with Crippen molar-refractivity contribution in [3.8, 4) is 11.6 Å². The minimum absolute atomic E-state index is 0.0171. The van der Waals surface area contributed by atoms with Gasteiger partial charge >= 0.3 is 0 Å². The monoisotopic (exact) mass is 389 g/mol. The van der Waals surface area contributed by atoms with Crippen molar-refractivity contribution in [3.05, 3.63) is 65.4 Å². The summed E-state index contributed by atoms with van der Waals surface area (Å²) in [6.45, 7) is 1.34. The zero-order valence-electron chi connectivity index (χ0n) is 16.2. The maximum absolute atomic E-state index is 13.1. The van der Waals surface area contributed by atoms with Crippen molar-refractivity contribution < 1.29 is 9.53 Å². The highest BCUT2D eigenvalue weighted by molar-refractivity contribution is 5.94. The van der Waals surface area contributed by atoms with Gasteiger partial charge in [0, 0.05) is 42.7 Å². The van der Waals surface area contributed by atoms with E-state index < -0.39 is 0 Å². The molecule has 148 valence electrons. The number of aromatic amines is 1. The summed E-state index contributed by atoms with van der Waals surface area (Å²) in [5.74, 6) is 1.35. The highest BCUT2D eigenvalue weighted by Crippen LogP contribution is 2.33. The summed E-state index contributed by atoms with van der Waals surface area (Å²) in [6.07, 6.45) is 8.21. The number of rotatable bonds is 4. The topological polar surface area (TPSA) is 84.0 Å². The van der Waals surface area contributed by atoms with Gasteiger partial charge in [0.1, 0.15) is 11.4 Å². The zero-order valence-corrected chi connectivity index (χ0v) is 16.2. The molecule has 3 aromatic rings. The largest absolute Gasteiger partial charge is 0.437 e. The van der Waals surface area contributed by atoms with Gasteiger partial charge in [-0.2, -0.15) is 5.10 Å². The molecule has 1 aliphatic carbocycles. The van der Waals surface area contributed by atoms with Gasteiger partial charge in [-0.15, -0.1) is 0 Å². The predicted octanol–water partition coefficient (Wildman–Crippen LogP) is 3.50. The molecule has 1 N–H and O–H groups in total. The number of hydrogen-bond acceptors (Lipinski definition) is 5. The number of amides is 1. The molecule has 5 rings (SSSR count). The molecule has 1 aromatic carbocycles. The summed E-state index contributed by atoms with van der Waals surface area (Å²) >= 11 is 0. The molecule has 1 fully saturated rings. The van der Waals surface area contributed by atoms with Crippen LogP contribution in [0.3, 0.4) is 0 Å². The van der Waals surface area contributed by atoms with Gasteiger partial charge in [-0.05, 0) is 44.2 Å². The van der Waals surface area contributed by atoms with E-state index in [9.17, 15) is 4.79 Å². The number of H-pyrrole nitrogens is 1. The maximum atomic E-state index is 13.1. The molecule has 0 unspecified atom stereocenters. The van der Waals surface area contributed by atoms with Crippen molar-refractivity contribution in [1.29, 1.82) is 0 Å². The quantitative estimate of drug-likeness (QED) is 0.738. The van der Waals surface area contributed by atoms with Crippen LogP contribution in [-0.4, -0.2) is 44.1 Å². The second kappa shape index (κ2) is 7.66. The van der Waals surface area contributed by atoms with E-state index in [4.69, 9.17) is 4.74 Å². The number of nitrogens with one attached hydrogen (secondary N) is 1. The Balaban J connectivity index is 1.36. The lowest BCUT2D eigenvalue weighted by Gasteiger charge is -2.32. The van der Waals surface area contributed by atoms with Gasteiger partial charge in [-0.25, -0.2) is 4.98 Å². The third-order valence-electron chi connectivity index (χ3n) is 5.75. The Morgan fingerprint density at radius 3 is 2.86 bits per heavy atom. The maximum Gasteiger partial charge on any atom is 0.274 e. The van der Waals surface area contributed by atoms with Gasteiger partial charge in [0.2, 0.25) is 5.88 Å². The van der Waals surface area contributed by atoms with E-state index in [1.807, 2.05) is 35.2 Å². The molecule has 1 saturated heterocycles. The van der Waals surface area contributed by atoms with E-state index >= 15 is 0 Å². The number of likely N-dealkylation sites (tertiary alicyclic amines) is 1. The first kappa shape index (κ1) is 17.8. The molecule has 29 heavy (non-hydrogen) atoms. The van der Waals surface area contributed by atoms with Gasteiger partial charge < -0.3 is 9.64 Å². The fourth-order valence-corrected chi connectivity index (χ4v) is 4.33. The van der Waals surface area contributed by atoms with Crippen molar-refractivity contribution in [2.24, 2.45) is 0 Å². The highest BCUT2D eigenvalue weighted by Gasteiger charge is 2.32. The van der Waals surface area contributed by atoms with Crippen LogP contribution in [0.2, 0.25) is 0 Å². The van der Waals surface area contributed by atoms with Gasteiger partial charge in [-0.1, -0.05) is 18.2 Å². The van der Waals surface area contributed by atoms with Crippen LogP contribution in [-0.2, 0) is 12.8 Å². The average molecular weight is 389 g/mol. The number of piperidine rings is 1. The highest BCUT2D eigenvalue weighted by atomic mass is 16.5. The molecular formula is C22H23N5O2. The van der Waals surface area contributed by atoms with Crippen molar-refractivity contribution in [3.63, 3.8) is 0 Å². The fourth-order valence-electron chi connectivity index (χ4n) is 4.33. The SMILES string of the molecule is O=C(c1n[nH]c2c1CCC2)N1CCC[C@@H](c2nccnc2Oc2ccccc2)C1. The van der Waals surface area contributed by atoms with Gasteiger partial charge in [0.05, 0.1) is 0 Å². The molecule has 7 nitrogen and oxygen atoms in total. The van der Waals surface area contributed by atoms with Crippen LogP contribution in [0.15, 0.2) is 42.7 Å². The number of fused-ring (bicyclic) bond motifs is 1. The van der Waals surface area contributed by atoms with Crippen LogP contribution in [0.25, 0.3) is 0 Å². The van der Waals surface area contributed by atoms with E-state index in [1.54, 1.807) is 12.4 Å². The number of carbonyl (C=O) groups excluding carboxylic acids is 1. The Morgan fingerprint density at radius 2 is 1.97 bits per heavy atom. The second-order valence-corrected chi connectivity index (χ2v) is 7.64. The summed E-state index contributed by atoms with van der Waals surface area (Å²) in [7, 11) is 0. The summed E-state index contributed by atoms with van der Waals surface area (Å²) < 4.78 is 6.00. The molecule has 0 radical (unpaired) electrons. The molecule has 7 heteroatoms. The van der Waals surface area contributed by atoms with Crippen LogP contribution in [0.4, 0.5) is 0 Å². The number of aromatic nitrogens is 4. The number of nitrogens with zero attached hydrogens (tertiary/aromatic N) is 4. The Labute approximate surface area is 169 Å². The predicted molar refractivity (Wildman–Crippen MR) is 107 cm³/mol.